The normalized spacial score (nSPS) is 13.9. The van der Waals surface area contributed by atoms with Gasteiger partial charge in [-0.25, -0.2) is 4.98 Å². The Kier molecular flexibility index (Phi) is 4.80. The van der Waals surface area contributed by atoms with E-state index in [4.69, 9.17) is 16.9 Å². The number of nitrogens with zero attached hydrogens (tertiary/aromatic N) is 4. The molecule has 0 radical (unpaired) electrons. The third kappa shape index (κ3) is 3.71. The van der Waals surface area contributed by atoms with Crippen molar-refractivity contribution in [3.8, 4) is 6.07 Å². The minimum atomic E-state index is 0.472. The summed E-state index contributed by atoms with van der Waals surface area (Å²) in [4.78, 5) is 10.8. The molecule has 0 bridgehead atoms. The molecule has 1 saturated carbocycles. The largest absolute Gasteiger partial charge is 0.354 e. The van der Waals surface area contributed by atoms with Crippen molar-refractivity contribution >= 4 is 23.4 Å². The summed E-state index contributed by atoms with van der Waals surface area (Å²) < 4.78 is 0. The third-order valence-corrected chi connectivity index (χ3v) is 3.25. The fourth-order valence-electron chi connectivity index (χ4n) is 1.90. The molecule has 0 atom stereocenters. The third-order valence-electron chi connectivity index (χ3n) is 2.98. The molecule has 1 aliphatic carbocycles. The molecule has 19 heavy (non-hydrogen) atoms. The summed E-state index contributed by atoms with van der Waals surface area (Å²) in [6.45, 7) is 3.60. The number of rotatable bonds is 7. The van der Waals surface area contributed by atoms with Crippen LogP contribution in [0.2, 0.25) is 5.02 Å². The van der Waals surface area contributed by atoms with Crippen molar-refractivity contribution in [3.63, 3.8) is 0 Å². The first kappa shape index (κ1) is 13.9. The van der Waals surface area contributed by atoms with Gasteiger partial charge < -0.3 is 10.2 Å². The van der Waals surface area contributed by atoms with Crippen molar-refractivity contribution < 1.29 is 0 Å². The molecule has 1 aromatic heterocycles. The minimum absolute atomic E-state index is 0.472. The number of hydrogen-bond donors (Lipinski definition) is 1. The second kappa shape index (κ2) is 6.58. The monoisotopic (exact) mass is 279 g/mol. The van der Waals surface area contributed by atoms with Gasteiger partial charge >= 0.3 is 0 Å². The van der Waals surface area contributed by atoms with E-state index in [1.54, 1.807) is 6.20 Å². The van der Waals surface area contributed by atoms with Gasteiger partial charge in [-0.2, -0.15) is 10.2 Å². The Morgan fingerprint density at radius 1 is 1.58 bits per heavy atom. The molecule has 0 aliphatic heterocycles. The maximum atomic E-state index is 8.75. The fourth-order valence-corrected chi connectivity index (χ4v) is 2.10. The van der Waals surface area contributed by atoms with Crippen LogP contribution >= 0.6 is 11.6 Å². The SMILES string of the molecule is CCCNc1ncc(Cl)c(N(CCC#N)C2CC2)n1. The van der Waals surface area contributed by atoms with Crippen LogP contribution in [0.1, 0.15) is 32.6 Å². The number of anilines is 2. The molecule has 0 amide bonds. The van der Waals surface area contributed by atoms with E-state index in [1.807, 2.05) is 0 Å². The van der Waals surface area contributed by atoms with Gasteiger partial charge in [-0.15, -0.1) is 0 Å². The molecule has 1 aromatic rings. The van der Waals surface area contributed by atoms with Gasteiger partial charge in [-0.3, -0.25) is 0 Å². The van der Waals surface area contributed by atoms with Crippen LogP contribution in [-0.2, 0) is 0 Å². The number of halogens is 1. The molecule has 6 heteroatoms. The lowest BCUT2D eigenvalue weighted by Gasteiger charge is -2.23. The van der Waals surface area contributed by atoms with Gasteiger partial charge in [0, 0.05) is 19.1 Å². The van der Waals surface area contributed by atoms with Gasteiger partial charge in [0.25, 0.3) is 0 Å². The molecule has 1 heterocycles. The van der Waals surface area contributed by atoms with E-state index in [0.29, 0.717) is 30.0 Å². The number of nitriles is 1. The molecular formula is C13H18ClN5. The van der Waals surface area contributed by atoms with Gasteiger partial charge in [0.2, 0.25) is 5.95 Å². The van der Waals surface area contributed by atoms with Crippen molar-refractivity contribution in [3.05, 3.63) is 11.2 Å². The predicted molar refractivity (Wildman–Crippen MR) is 76.4 cm³/mol. The van der Waals surface area contributed by atoms with Crippen molar-refractivity contribution in [2.24, 2.45) is 0 Å². The summed E-state index contributed by atoms with van der Waals surface area (Å²) in [5, 5.41) is 12.5. The summed E-state index contributed by atoms with van der Waals surface area (Å²) in [5.74, 6) is 1.34. The molecule has 0 aromatic carbocycles. The van der Waals surface area contributed by atoms with Crippen LogP contribution in [0.3, 0.4) is 0 Å². The average Bonchev–Trinajstić information content (AvgIpc) is 3.24. The van der Waals surface area contributed by atoms with Crippen molar-refractivity contribution in [1.29, 1.82) is 5.26 Å². The highest BCUT2D eigenvalue weighted by atomic mass is 35.5. The Balaban J connectivity index is 2.17. The van der Waals surface area contributed by atoms with Gasteiger partial charge in [0.05, 0.1) is 18.7 Å². The summed E-state index contributed by atoms with van der Waals surface area (Å²) in [7, 11) is 0. The summed E-state index contributed by atoms with van der Waals surface area (Å²) in [5.41, 5.74) is 0. The van der Waals surface area contributed by atoms with E-state index in [0.717, 1.165) is 31.6 Å². The maximum Gasteiger partial charge on any atom is 0.224 e. The Morgan fingerprint density at radius 2 is 2.37 bits per heavy atom. The molecule has 1 aliphatic rings. The molecule has 2 rings (SSSR count). The highest BCUT2D eigenvalue weighted by Crippen LogP contribution is 2.34. The standard InChI is InChI=1S/C13H18ClN5/c1-2-7-16-13-17-9-11(14)12(18-13)19(8-3-6-15)10-4-5-10/h9-10H,2-5,7-8H2,1H3,(H,16,17,18). The van der Waals surface area contributed by atoms with Crippen LogP contribution in [0, 0.1) is 11.3 Å². The topological polar surface area (TPSA) is 64.8 Å². The zero-order chi connectivity index (χ0) is 13.7. The maximum absolute atomic E-state index is 8.75. The second-order valence-corrected chi connectivity index (χ2v) is 5.03. The average molecular weight is 280 g/mol. The van der Waals surface area contributed by atoms with Crippen LogP contribution in [0.5, 0.6) is 0 Å². The van der Waals surface area contributed by atoms with Crippen LogP contribution in [0.25, 0.3) is 0 Å². The van der Waals surface area contributed by atoms with Crippen LogP contribution in [0.4, 0.5) is 11.8 Å². The Hall–Kier alpha value is -1.54. The Labute approximate surface area is 118 Å². The number of hydrogen-bond acceptors (Lipinski definition) is 5. The molecule has 0 spiro atoms. The molecule has 102 valence electrons. The van der Waals surface area contributed by atoms with E-state index in [9.17, 15) is 0 Å². The van der Waals surface area contributed by atoms with E-state index in [1.165, 1.54) is 0 Å². The number of nitrogens with one attached hydrogen (secondary N) is 1. The summed E-state index contributed by atoms with van der Waals surface area (Å²) >= 11 is 6.20. The first-order valence-corrected chi connectivity index (χ1v) is 7.04. The molecule has 5 nitrogen and oxygen atoms in total. The molecule has 1 N–H and O–H groups in total. The van der Waals surface area contributed by atoms with E-state index in [2.05, 4.69) is 33.2 Å². The minimum Gasteiger partial charge on any atom is -0.354 e. The van der Waals surface area contributed by atoms with Crippen LogP contribution < -0.4 is 10.2 Å². The molecule has 0 saturated heterocycles. The van der Waals surface area contributed by atoms with Crippen molar-refractivity contribution in [1.82, 2.24) is 9.97 Å². The summed E-state index contributed by atoms with van der Waals surface area (Å²) in [6.07, 6.45) is 5.41. The van der Waals surface area contributed by atoms with Crippen molar-refractivity contribution in [2.75, 3.05) is 23.3 Å². The van der Waals surface area contributed by atoms with Crippen LogP contribution in [0.15, 0.2) is 6.20 Å². The first-order valence-electron chi connectivity index (χ1n) is 6.66. The Bertz CT molecular complexity index is 467. The smallest absolute Gasteiger partial charge is 0.224 e. The van der Waals surface area contributed by atoms with Gasteiger partial charge in [-0.05, 0) is 19.3 Å². The highest BCUT2D eigenvalue weighted by Gasteiger charge is 2.31. The Morgan fingerprint density at radius 3 is 3.00 bits per heavy atom. The molecule has 0 unspecified atom stereocenters. The lowest BCUT2D eigenvalue weighted by atomic mass is 10.3. The van der Waals surface area contributed by atoms with Gasteiger partial charge in [0.15, 0.2) is 5.82 Å². The van der Waals surface area contributed by atoms with E-state index < -0.39 is 0 Å². The number of aromatic nitrogens is 2. The lowest BCUT2D eigenvalue weighted by Crippen LogP contribution is -2.28. The zero-order valence-corrected chi connectivity index (χ0v) is 11.8. The highest BCUT2D eigenvalue weighted by molar-refractivity contribution is 6.32. The molecule has 1 fully saturated rings. The van der Waals surface area contributed by atoms with E-state index >= 15 is 0 Å². The fraction of sp³-hybridized carbons (Fsp3) is 0.615. The van der Waals surface area contributed by atoms with E-state index in [-0.39, 0.29) is 0 Å². The summed E-state index contributed by atoms with van der Waals surface area (Å²) in [6, 6.07) is 2.65. The van der Waals surface area contributed by atoms with Crippen LogP contribution in [-0.4, -0.2) is 29.1 Å². The predicted octanol–water partition coefficient (Wildman–Crippen LogP) is 2.83. The second-order valence-electron chi connectivity index (χ2n) is 4.62. The lowest BCUT2D eigenvalue weighted by molar-refractivity contribution is 0.775. The first-order chi connectivity index (χ1) is 9.26. The quantitative estimate of drug-likeness (QED) is 0.831. The van der Waals surface area contributed by atoms with Gasteiger partial charge in [-0.1, -0.05) is 18.5 Å². The van der Waals surface area contributed by atoms with Gasteiger partial charge in [0.1, 0.15) is 5.02 Å². The van der Waals surface area contributed by atoms with Crippen molar-refractivity contribution in [2.45, 2.75) is 38.6 Å². The molecular weight excluding hydrogens is 262 g/mol. The zero-order valence-electron chi connectivity index (χ0n) is 11.1.